The van der Waals surface area contributed by atoms with Crippen molar-refractivity contribution in [2.75, 3.05) is 11.9 Å². The van der Waals surface area contributed by atoms with Crippen LogP contribution in [0.5, 0.6) is 5.75 Å². The smallest absolute Gasteiger partial charge is 0.412 e. The number of ether oxygens (including phenoxy) is 1. The molecular formula is C17H25NO4. The molecule has 0 radical (unpaired) electrons. The van der Waals surface area contributed by atoms with Gasteiger partial charge in [-0.15, -0.1) is 0 Å². The number of hydrogen-bond acceptors (Lipinski definition) is 4. The van der Waals surface area contributed by atoms with E-state index < -0.39 is 11.7 Å². The first-order valence-corrected chi connectivity index (χ1v) is 7.45. The van der Waals surface area contributed by atoms with Crippen LogP contribution < -0.4 is 5.32 Å². The van der Waals surface area contributed by atoms with Gasteiger partial charge in [0.2, 0.25) is 0 Å². The Morgan fingerprint density at radius 3 is 2.36 bits per heavy atom. The van der Waals surface area contributed by atoms with Crippen LogP contribution in [0.2, 0.25) is 0 Å². The molecule has 1 atom stereocenters. The molecule has 1 fully saturated rings. The van der Waals surface area contributed by atoms with Crippen molar-refractivity contribution in [3.63, 3.8) is 0 Å². The second-order valence-corrected chi connectivity index (χ2v) is 7.66. The lowest BCUT2D eigenvalue weighted by Crippen LogP contribution is -2.27. The molecule has 1 aromatic rings. The number of phenolic OH excluding ortho intramolecular Hbond substituents is 1. The Balaban J connectivity index is 2.16. The van der Waals surface area contributed by atoms with Crippen molar-refractivity contribution in [1.29, 1.82) is 0 Å². The van der Waals surface area contributed by atoms with E-state index >= 15 is 0 Å². The zero-order valence-electron chi connectivity index (χ0n) is 13.9. The van der Waals surface area contributed by atoms with Gasteiger partial charge in [0.1, 0.15) is 11.4 Å². The zero-order valence-corrected chi connectivity index (χ0v) is 13.9. The molecular weight excluding hydrogens is 282 g/mol. The number of amides is 1. The quantitative estimate of drug-likeness (QED) is 0.748. The molecule has 0 aliphatic heterocycles. The number of aromatic hydroxyl groups is 1. The second kappa shape index (κ2) is 5.16. The molecule has 0 aromatic heterocycles. The predicted molar refractivity (Wildman–Crippen MR) is 85.1 cm³/mol. The molecule has 1 aliphatic carbocycles. The van der Waals surface area contributed by atoms with Gasteiger partial charge < -0.3 is 14.9 Å². The summed E-state index contributed by atoms with van der Waals surface area (Å²) in [5.74, 6) is -0.0288. The fourth-order valence-electron chi connectivity index (χ4n) is 2.91. The van der Waals surface area contributed by atoms with Crippen LogP contribution in [0.15, 0.2) is 18.2 Å². The van der Waals surface area contributed by atoms with E-state index in [0.29, 0.717) is 5.69 Å². The van der Waals surface area contributed by atoms with Crippen LogP contribution in [-0.4, -0.2) is 28.5 Å². The van der Waals surface area contributed by atoms with E-state index in [1.807, 2.05) is 6.07 Å². The molecule has 0 bridgehead atoms. The van der Waals surface area contributed by atoms with Gasteiger partial charge in [-0.2, -0.15) is 0 Å². The van der Waals surface area contributed by atoms with Crippen molar-refractivity contribution in [2.45, 2.75) is 52.1 Å². The van der Waals surface area contributed by atoms with Gasteiger partial charge in [0, 0.05) is 5.41 Å². The minimum absolute atomic E-state index is 0.00823. The molecule has 1 saturated carbocycles. The molecule has 22 heavy (non-hydrogen) atoms. The van der Waals surface area contributed by atoms with E-state index in [0.717, 1.165) is 12.0 Å². The highest BCUT2D eigenvalue weighted by atomic mass is 16.6. The standard InChI is InChI=1S/C17H25NO4/c1-15(2,3)22-14(21)18-12-7-6-11(8-13(12)20)17(10-19)9-16(17,4)5/h6-8,19-20H,9-10H2,1-5H3,(H,18,21). The lowest BCUT2D eigenvalue weighted by atomic mass is 9.88. The van der Waals surface area contributed by atoms with Gasteiger partial charge in [0.15, 0.2) is 0 Å². The first kappa shape index (κ1) is 16.6. The molecule has 5 nitrogen and oxygen atoms in total. The van der Waals surface area contributed by atoms with Crippen molar-refractivity contribution in [2.24, 2.45) is 5.41 Å². The Hall–Kier alpha value is -1.75. The van der Waals surface area contributed by atoms with Gasteiger partial charge in [-0.05, 0) is 50.3 Å². The normalized spacial score (nSPS) is 23.0. The summed E-state index contributed by atoms with van der Waals surface area (Å²) in [6.45, 7) is 9.54. The SMILES string of the molecule is CC(C)(C)OC(=O)Nc1ccc(C2(CO)CC2(C)C)cc1O. The molecule has 1 unspecified atom stereocenters. The third kappa shape index (κ3) is 3.04. The molecule has 1 aromatic carbocycles. The lowest BCUT2D eigenvalue weighted by molar-refractivity contribution is 0.0635. The van der Waals surface area contributed by atoms with E-state index in [4.69, 9.17) is 4.74 Å². The third-order valence-corrected chi connectivity index (χ3v) is 4.37. The van der Waals surface area contributed by atoms with Gasteiger partial charge >= 0.3 is 6.09 Å². The monoisotopic (exact) mass is 307 g/mol. The Morgan fingerprint density at radius 2 is 1.95 bits per heavy atom. The molecule has 5 heteroatoms. The Kier molecular flexibility index (Phi) is 3.90. The highest BCUT2D eigenvalue weighted by Gasteiger charge is 2.61. The van der Waals surface area contributed by atoms with E-state index in [-0.39, 0.29) is 23.2 Å². The van der Waals surface area contributed by atoms with Crippen molar-refractivity contribution < 1.29 is 19.7 Å². The van der Waals surface area contributed by atoms with Crippen molar-refractivity contribution in [3.05, 3.63) is 23.8 Å². The summed E-state index contributed by atoms with van der Waals surface area (Å²) < 4.78 is 5.16. The van der Waals surface area contributed by atoms with Gasteiger partial charge in [0.05, 0.1) is 12.3 Å². The number of benzene rings is 1. The number of anilines is 1. The maximum atomic E-state index is 11.7. The highest BCUT2D eigenvalue weighted by Crippen LogP contribution is 2.64. The minimum Gasteiger partial charge on any atom is -0.506 e. The van der Waals surface area contributed by atoms with Crippen LogP contribution in [-0.2, 0) is 10.2 Å². The fraction of sp³-hybridized carbons (Fsp3) is 0.588. The molecule has 1 amide bonds. The molecule has 0 saturated heterocycles. The molecule has 1 aliphatic rings. The Labute approximate surface area is 131 Å². The first-order valence-electron chi connectivity index (χ1n) is 7.45. The summed E-state index contributed by atoms with van der Waals surface area (Å²) in [5.41, 5.74) is 0.277. The van der Waals surface area contributed by atoms with Crippen LogP contribution in [0.4, 0.5) is 10.5 Å². The van der Waals surface area contributed by atoms with Gasteiger partial charge in [-0.3, -0.25) is 5.32 Å². The number of carbonyl (C=O) groups excluding carboxylic acids is 1. The molecule has 2 rings (SSSR count). The molecule has 0 spiro atoms. The Morgan fingerprint density at radius 1 is 1.36 bits per heavy atom. The maximum absolute atomic E-state index is 11.7. The molecule has 0 heterocycles. The number of hydrogen-bond donors (Lipinski definition) is 3. The molecule has 122 valence electrons. The summed E-state index contributed by atoms with van der Waals surface area (Å²) in [5, 5.41) is 22.4. The number of carbonyl (C=O) groups is 1. The summed E-state index contributed by atoms with van der Waals surface area (Å²) in [6, 6.07) is 5.08. The second-order valence-electron chi connectivity index (χ2n) is 7.66. The summed E-state index contributed by atoms with van der Waals surface area (Å²) in [6.07, 6.45) is 0.258. The summed E-state index contributed by atoms with van der Waals surface area (Å²) in [7, 11) is 0. The number of aliphatic hydroxyl groups excluding tert-OH is 1. The average molecular weight is 307 g/mol. The van der Waals surface area contributed by atoms with Crippen LogP contribution in [0.25, 0.3) is 0 Å². The lowest BCUT2D eigenvalue weighted by Gasteiger charge is -2.21. The fourth-order valence-corrected chi connectivity index (χ4v) is 2.91. The largest absolute Gasteiger partial charge is 0.506 e. The van der Waals surface area contributed by atoms with E-state index in [2.05, 4.69) is 19.2 Å². The van der Waals surface area contributed by atoms with Gasteiger partial charge in [-0.25, -0.2) is 4.79 Å². The minimum atomic E-state index is -0.612. The van der Waals surface area contributed by atoms with E-state index in [1.165, 1.54) is 0 Å². The van der Waals surface area contributed by atoms with Gasteiger partial charge in [-0.1, -0.05) is 19.9 Å². The van der Waals surface area contributed by atoms with E-state index in [9.17, 15) is 15.0 Å². The average Bonchev–Trinajstić information content (AvgIpc) is 2.93. The highest BCUT2D eigenvalue weighted by molar-refractivity contribution is 5.87. The number of rotatable bonds is 3. The van der Waals surface area contributed by atoms with Crippen molar-refractivity contribution in [1.82, 2.24) is 0 Å². The number of phenols is 1. The molecule has 3 N–H and O–H groups in total. The third-order valence-electron chi connectivity index (χ3n) is 4.37. The summed E-state index contributed by atoms with van der Waals surface area (Å²) in [4.78, 5) is 11.7. The predicted octanol–water partition coefficient (Wildman–Crippen LogP) is 3.40. The van der Waals surface area contributed by atoms with Crippen molar-refractivity contribution in [3.8, 4) is 5.75 Å². The topological polar surface area (TPSA) is 78.8 Å². The number of aliphatic hydroxyl groups is 1. The van der Waals surface area contributed by atoms with Crippen LogP contribution >= 0.6 is 0 Å². The zero-order chi connectivity index (χ0) is 16.8. The maximum Gasteiger partial charge on any atom is 0.412 e. The summed E-state index contributed by atoms with van der Waals surface area (Å²) >= 11 is 0. The Bertz CT molecular complexity index is 589. The van der Waals surface area contributed by atoms with Gasteiger partial charge in [0.25, 0.3) is 0 Å². The van der Waals surface area contributed by atoms with Crippen LogP contribution in [0.3, 0.4) is 0 Å². The van der Waals surface area contributed by atoms with Crippen LogP contribution in [0, 0.1) is 5.41 Å². The van der Waals surface area contributed by atoms with E-state index in [1.54, 1.807) is 32.9 Å². The number of nitrogens with one attached hydrogen (secondary N) is 1. The van der Waals surface area contributed by atoms with Crippen LogP contribution in [0.1, 0.15) is 46.6 Å². The van der Waals surface area contributed by atoms with Crippen molar-refractivity contribution >= 4 is 11.8 Å². The first-order chi connectivity index (χ1) is 10.0.